The highest BCUT2D eigenvalue weighted by Crippen LogP contribution is 2.46. The van der Waals surface area contributed by atoms with Gasteiger partial charge in [0.15, 0.2) is 0 Å². The summed E-state index contributed by atoms with van der Waals surface area (Å²) in [6, 6.07) is 2.93. The molecule has 0 aromatic carbocycles. The van der Waals surface area contributed by atoms with Gasteiger partial charge in [0.2, 0.25) is 0 Å². The quantitative estimate of drug-likeness (QED) is 0.818. The van der Waals surface area contributed by atoms with Crippen molar-refractivity contribution < 1.29 is 9.13 Å². The smallest absolute Gasteiger partial charge is 0.130 e. The van der Waals surface area contributed by atoms with E-state index in [1.165, 1.54) is 0 Å². The summed E-state index contributed by atoms with van der Waals surface area (Å²) in [6.45, 7) is 6.79. The molecule has 4 rings (SSSR count). The molecule has 2 heterocycles. The maximum Gasteiger partial charge on any atom is 0.130 e. The largest absolute Gasteiger partial charge is 0.378 e. The van der Waals surface area contributed by atoms with Crippen LogP contribution in [-0.2, 0) is 11.3 Å². The van der Waals surface area contributed by atoms with Gasteiger partial charge in [0, 0.05) is 30.7 Å². The molecular formula is C17H21FN2O. The van der Waals surface area contributed by atoms with Gasteiger partial charge in [0.05, 0.1) is 13.2 Å². The van der Waals surface area contributed by atoms with Crippen LogP contribution in [0.4, 0.5) is 4.39 Å². The standard InChI is InChI=1S/C17H21FN2O/c1-10-8-21-9-11(2)20(10)7-12-3-14-4-13-5-15(13)16(18)17(14)19-6-12/h3-4,6,10-11,13,15H,5,7-9H2,1-2H3/t10-,11-,13?,15?/m0/s1. The van der Waals surface area contributed by atoms with Gasteiger partial charge in [-0.3, -0.25) is 9.88 Å². The predicted molar refractivity (Wildman–Crippen MR) is 79.4 cm³/mol. The average molecular weight is 288 g/mol. The van der Waals surface area contributed by atoms with Crippen LogP contribution in [0.15, 0.2) is 12.3 Å². The highest BCUT2D eigenvalue weighted by molar-refractivity contribution is 5.54. The van der Waals surface area contributed by atoms with Gasteiger partial charge in [0.1, 0.15) is 11.2 Å². The first-order valence-corrected chi connectivity index (χ1v) is 7.83. The van der Waals surface area contributed by atoms with Crippen molar-refractivity contribution in [2.45, 2.75) is 38.9 Å². The Morgan fingerprint density at radius 3 is 2.86 bits per heavy atom. The van der Waals surface area contributed by atoms with Crippen LogP contribution in [-0.4, -0.2) is 35.2 Å². The highest BCUT2D eigenvalue weighted by atomic mass is 19.1. The van der Waals surface area contributed by atoms with Crippen molar-refractivity contribution in [2.24, 2.45) is 11.8 Å². The van der Waals surface area contributed by atoms with Crippen molar-refractivity contribution in [2.75, 3.05) is 13.2 Å². The summed E-state index contributed by atoms with van der Waals surface area (Å²) in [7, 11) is 0. The lowest BCUT2D eigenvalue weighted by molar-refractivity contribution is -0.0410. The van der Waals surface area contributed by atoms with E-state index in [0.29, 0.717) is 23.4 Å². The average Bonchev–Trinajstić information content (AvgIpc) is 3.23. The van der Waals surface area contributed by atoms with Crippen LogP contribution in [0.25, 0.3) is 11.9 Å². The molecule has 112 valence electrons. The number of hydrogen-bond donors (Lipinski definition) is 0. The summed E-state index contributed by atoms with van der Waals surface area (Å²) in [4.78, 5) is 6.83. The second-order valence-electron chi connectivity index (χ2n) is 6.71. The third kappa shape index (κ3) is 2.30. The van der Waals surface area contributed by atoms with Crippen LogP contribution in [0.3, 0.4) is 0 Å². The molecule has 4 atom stereocenters. The van der Waals surface area contributed by atoms with Crippen molar-refractivity contribution in [1.82, 2.24) is 9.88 Å². The fourth-order valence-corrected chi connectivity index (χ4v) is 3.59. The summed E-state index contributed by atoms with van der Waals surface area (Å²) in [5.74, 6) is 0.531. The molecule has 0 radical (unpaired) electrons. The Morgan fingerprint density at radius 2 is 2.10 bits per heavy atom. The predicted octanol–water partition coefficient (Wildman–Crippen LogP) is 1.20. The van der Waals surface area contributed by atoms with Gasteiger partial charge in [-0.1, -0.05) is 6.08 Å². The molecule has 2 unspecified atom stereocenters. The molecule has 1 aromatic rings. The van der Waals surface area contributed by atoms with Crippen molar-refractivity contribution in [3.63, 3.8) is 0 Å². The second kappa shape index (κ2) is 4.89. The molecule has 1 saturated carbocycles. The molecule has 3 aliphatic rings. The molecular weight excluding hydrogens is 267 g/mol. The van der Waals surface area contributed by atoms with E-state index in [-0.39, 0.29) is 11.7 Å². The number of ether oxygens (including phenoxy) is 1. The Labute approximate surface area is 124 Å². The molecule has 21 heavy (non-hydrogen) atoms. The van der Waals surface area contributed by atoms with Crippen LogP contribution in [0.2, 0.25) is 0 Å². The third-order valence-electron chi connectivity index (χ3n) is 4.97. The summed E-state index contributed by atoms with van der Waals surface area (Å²) >= 11 is 0. The Hall–Kier alpha value is -1.26. The number of halogens is 1. The molecule has 2 aliphatic carbocycles. The van der Waals surface area contributed by atoms with E-state index in [1.54, 1.807) is 0 Å². The molecule has 2 fully saturated rings. The molecule has 0 spiro atoms. The number of pyridine rings is 1. The third-order valence-corrected chi connectivity index (χ3v) is 4.97. The maximum absolute atomic E-state index is 14.1. The van der Waals surface area contributed by atoms with E-state index in [2.05, 4.69) is 35.9 Å². The summed E-state index contributed by atoms with van der Waals surface area (Å²) in [6.07, 6.45) is 4.99. The van der Waals surface area contributed by atoms with Gasteiger partial charge in [-0.2, -0.15) is 0 Å². The van der Waals surface area contributed by atoms with E-state index >= 15 is 0 Å². The van der Waals surface area contributed by atoms with Gasteiger partial charge >= 0.3 is 0 Å². The number of morpholine rings is 1. The second-order valence-corrected chi connectivity index (χ2v) is 6.71. The summed E-state index contributed by atoms with van der Waals surface area (Å²) in [5, 5.41) is 1.55. The van der Waals surface area contributed by atoms with E-state index in [9.17, 15) is 4.39 Å². The van der Waals surface area contributed by atoms with Gasteiger partial charge in [-0.15, -0.1) is 0 Å². The minimum atomic E-state index is -0.00263. The first kappa shape index (κ1) is 13.4. The number of rotatable bonds is 2. The van der Waals surface area contributed by atoms with Crippen molar-refractivity contribution in [1.29, 1.82) is 0 Å². The minimum Gasteiger partial charge on any atom is -0.378 e. The van der Waals surface area contributed by atoms with Crippen LogP contribution in [0, 0.1) is 11.8 Å². The number of hydrogen-bond acceptors (Lipinski definition) is 3. The zero-order valence-corrected chi connectivity index (χ0v) is 12.6. The monoisotopic (exact) mass is 288 g/mol. The zero-order valence-electron chi connectivity index (χ0n) is 12.6. The van der Waals surface area contributed by atoms with Crippen LogP contribution < -0.4 is 10.6 Å². The van der Waals surface area contributed by atoms with E-state index in [4.69, 9.17) is 4.74 Å². The van der Waals surface area contributed by atoms with Gasteiger partial charge in [0.25, 0.3) is 0 Å². The molecule has 0 bridgehead atoms. The number of aromatic nitrogens is 1. The molecule has 0 N–H and O–H groups in total. The molecule has 1 aliphatic heterocycles. The maximum atomic E-state index is 14.1. The van der Waals surface area contributed by atoms with Gasteiger partial charge < -0.3 is 4.74 Å². The van der Waals surface area contributed by atoms with Gasteiger partial charge in [-0.25, -0.2) is 4.39 Å². The Bertz CT molecular complexity index is 677. The first-order valence-electron chi connectivity index (χ1n) is 7.83. The lowest BCUT2D eigenvalue weighted by Crippen LogP contribution is -2.49. The number of fused-ring (bicyclic) bond motifs is 2. The molecule has 3 nitrogen and oxygen atoms in total. The van der Waals surface area contributed by atoms with Crippen molar-refractivity contribution >= 4 is 11.9 Å². The highest BCUT2D eigenvalue weighted by Gasteiger charge is 2.41. The number of nitrogens with zero attached hydrogens (tertiary/aromatic N) is 2. The van der Waals surface area contributed by atoms with Gasteiger partial charge in [-0.05, 0) is 43.0 Å². The molecule has 1 saturated heterocycles. The van der Waals surface area contributed by atoms with Crippen LogP contribution in [0.1, 0.15) is 25.8 Å². The van der Waals surface area contributed by atoms with Crippen LogP contribution in [0.5, 0.6) is 0 Å². The minimum absolute atomic E-state index is 0.00263. The fourth-order valence-electron chi connectivity index (χ4n) is 3.59. The molecule has 4 heteroatoms. The van der Waals surface area contributed by atoms with E-state index in [1.807, 2.05) is 6.20 Å². The Morgan fingerprint density at radius 1 is 1.33 bits per heavy atom. The normalized spacial score (nSPS) is 34.9. The first-order chi connectivity index (χ1) is 10.1. The molecule has 0 amide bonds. The Kier molecular flexibility index (Phi) is 3.12. The van der Waals surface area contributed by atoms with Crippen molar-refractivity contribution in [3.8, 4) is 0 Å². The zero-order chi connectivity index (χ0) is 14.6. The van der Waals surface area contributed by atoms with E-state index in [0.717, 1.165) is 37.0 Å². The Balaban J connectivity index is 1.64. The SMILES string of the molecule is C[C@H]1COC[C@H](C)N1Cc1cnc2c(c1)=CC1CC1C=2F. The lowest BCUT2D eigenvalue weighted by Gasteiger charge is -2.38. The van der Waals surface area contributed by atoms with Crippen LogP contribution >= 0.6 is 0 Å². The fraction of sp³-hybridized carbons (Fsp3) is 0.588. The lowest BCUT2D eigenvalue weighted by atomic mass is 10.1. The topological polar surface area (TPSA) is 25.4 Å². The van der Waals surface area contributed by atoms with Crippen molar-refractivity contribution in [3.05, 3.63) is 28.4 Å². The molecule has 1 aromatic heterocycles. The van der Waals surface area contributed by atoms with E-state index < -0.39 is 0 Å². The summed E-state index contributed by atoms with van der Waals surface area (Å²) < 4.78 is 19.7. The summed E-state index contributed by atoms with van der Waals surface area (Å²) in [5.41, 5.74) is 1.16.